The third-order valence-corrected chi connectivity index (χ3v) is 5.55. The Morgan fingerprint density at radius 2 is 1.56 bits per heavy atom. The van der Waals surface area contributed by atoms with Gasteiger partial charge in [0.1, 0.15) is 5.70 Å². The molecule has 2 N–H and O–H groups in total. The minimum absolute atomic E-state index is 0.183. The van der Waals surface area contributed by atoms with E-state index in [1.165, 1.54) is 16.9 Å². The number of hydrogen-bond acceptors (Lipinski definition) is 4. The summed E-state index contributed by atoms with van der Waals surface area (Å²) in [5, 5.41) is 7.54. The SMILES string of the molecule is O=C(Nc1ccc(Cc2ccncc2)cc1)/C(=C/c1cccs1)NC(=O)c1ccccc1. The molecule has 0 radical (unpaired) electrons. The second kappa shape index (κ2) is 10.3. The lowest BCUT2D eigenvalue weighted by atomic mass is 10.1. The van der Waals surface area contributed by atoms with Crippen molar-refractivity contribution in [1.82, 2.24) is 10.3 Å². The number of carbonyl (C=O) groups is 2. The molecule has 0 saturated heterocycles. The highest BCUT2D eigenvalue weighted by Gasteiger charge is 2.15. The molecule has 32 heavy (non-hydrogen) atoms. The van der Waals surface area contributed by atoms with Gasteiger partial charge in [-0.05, 0) is 71.5 Å². The molecular formula is C26H21N3O2S. The van der Waals surface area contributed by atoms with Crippen LogP contribution in [-0.4, -0.2) is 16.8 Å². The first kappa shape index (κ1) is 21.2. The third-order valence-electron chi connectivity index (χ3n) is 4.73. The maximum atomic E-state index is 13.0. The van der Waals surface area contributed by atoms with Gasteiger partial charge in [-0.15, -0.1) is 11.3 Å². The van der Waals surface area contributed by atoms with Gasteiger partial charge in [0.2, 0.25) is 0 Å². The Kier molecular flexibility index (Phi) is 6.84. The summed E-state index contributed by atoms with van der Waals surface area (Å²) in [7, 11) is 0. The molecule has 0 atom stereocenters. The highest BCUT2D eigenvalue weighted by Crippen LogP contribution is 2.17. The van der Waals surface area contributed by atoms with Crippen molar-refractivity contribution < 1.29 is 9.59 Å². The molecule has 0 unspecified atom stereocenters. The number of carbonyl (C=O) groups excluding carboxylic acids is 2. The predicted molar refractivity (Wildman–Crippen MR) is 128 cm³/mol. The Labute approximate surface area is 190 Å². The summed E-state index contributed by atoms with van der Waals surface area (Å²) in [6.45, 7) is 0. The van der Waals surface area contributed by atoms with E-state index in [-0.39, 0.29) is 17.5 Å². The average Bonchev–Trinajstić information content (AvgIpc) is 3.34. The van der Waals surface area contributed by atoms with Crippen LogP contribution in [0.1, 0.15) is 26.4 Å². The first-order chi connectivity index (χ1) is 15.7. The fraction of sp³-hybridized carbons (Fsp3) is 0.0385. The molecule has 4 rings (SSSR count). The number of aromatic nitrogens is 1. The Morgan fingerprint density at radius 3 is 2.25 bits per heavy atom. The average molecular weight is 440 g/mol. The molecule has 158 valence electrons. The molecule has 6 heteroatoms. The van der Waals surface area contributed by atoms with Crippen molar-refractivity contribution >= 4 is 34.9 Å². The number of hydrogen-bond donors (Lipinski definition) is 2. The van der Waals surface area contributed by atoms with Crippen LogP contribution in [-0.2, 0) is 11.2 Å². The van der Waals surface area contributed by atoms with Crippen LogP contribution in [0.3, 0.4) is 0 Å². The molecule has 2 amide bonds. The van der Waals surface area contributed by atoms with Gasteiger partial charge >= 0.3 is 0 Å². The number of anilines is 1. The zero-order chi connectivity index (χ0) is 22.2. The number of thiophene rings is 1. The van der Waals surface area contributed by atoms with Crippen LogP contribution in [0.2, 0.25) is 0 Å². The quantitative estimate of drug-likeness (QED) is 0.392. The van der Waals surface area contributed by atoms with E-state index in [1.54, 1.807) is 42.7 Å². The number of nitrogens with zero attached hydrogens (tertiary/aromatic N) is 1. The van der Waals surface area contributed by atoms with Gasteiger partial charge in [-0.25, -0.2) is 0 Å². The Balaban J connectivity index is 1.48. The Morgan fingerprint density at radius 1 is 0.844 bits per heavy atom. The zero-order valence-corrected chi connectivity index (χ0v) is 18.0. The highest BCUT2D eigenvalue weighted by molar-refractivity contribution is 7.10. The first-order valence-corrected chi connectivity index (χ1v) is 11.0. The molecule has 2 aromatic carbocycles. The van der Waals surface area contributed by atoms with E-state index in [2.05, 4.69) is 15.6 Å². The monoisotopic (exact) mass is 439 g/mol. The molecule has 5 nitrogen and oxygen atoms in total. The molecule has 0 spiro atoms. The molecule has 0 saturated carbocycles. The Hall–Kier alpha value is -4.03. The summed E-state index contributed by atoms with van der Waals surface area (Å²) >= 11 is 1.49. The smallest absolute Gasteiger partial charge is 0.272 e. The van der Waals surface area contributed by atoms with E-state index in [9.17, 15) is 9.59 Å². The van der Waals surface area contributed by atoms with Crippen molar-refractivity contribution in [2.75, 3.05) is 5.32 Å². The van der Waals surface area contributed by atoms with Crippen molar-refractivity contribution in [2.24, 2.45) is 0 Å². The first-order valence-electron chi connectivity index (χ1n) is 10.1. The fourth-order valence-corrected chi connectivity index (χ4v) is 3.76. The van der Waals surface area contributed by atoms with Crippen molar-refractivity contribution in [3.63, 3.8) is 0 Å². The van der Waals surface area contributed by atoms with E-state index >= 15 is 0 Å². The van der Waals surface area contributed by atoms with Crippen LogP contribution >= 0.6 is 11.3 Å². The minimum Gasteiger partial charge on any atom is -0.321 e. The van der Waals surface area contributed by atoms with Crippen molar-refractivity contribution in [1.29, 1.82) is 0 Å². The van der Waals surface area contributed by atoms with Gasteiger partial charge in [0, 0.05) is 28.5 Å². The topological polar surface area (TPSA) is 71.1 Å². The molecule has 0 bridgehead atoms. The molecule has 2 aromatic heterocycles. The molecular weight excluding hydrogens is 418 g/mol. The molecule has 0 aliphatic heterocycles. The zero-order valence-electron chi connectivity index (χ0n) is 17.2. The molecule has 0 aliphatic carbocycles. The molecule has 4 aromatic rings. The maximum absolute atomic E-state index is 13.0. The highest BCUT2D eigenvalue weighted by atomic mass is 32.1. The summed E-state index contributed by atoms with van der Waals surface area (Å²) < 4.78 is 0. The van der Waals surface area contributed by atoms with Crippen molar-refractivity contribution in [3.05, 3.63) is 124 Å². The van der Waals surface area contributed by atoms with Crippen LogP contribution < -0.4 is 10.6 Å². The largest absolute Gasteiger partial charge is 0.321 e. The molecule has 0 fully saturated rings. The second-order valence-corrected chi connectivity index (χ2v) is 8.06. The predicted octanol–water partition coefficient (Wildman–Crippen LogP) is 5.14. The lowest BCUT2D eigenvalue weighted by molar-refractivity contribution is -0.113. The van der Waals surface area contributed by atoms with Gasteiger partial charge < -0.3 is 10.6 Å². The minimum atomic E-state index is -0.385. The van der Waals surface area contributed by atoms with Gasteiger partial charge in [-0.1, -0.05) is 36.4 Å². The summed E-state index contributed by atoms with van der Waals surface area (Å²) in [6, 6.07) is 24.2. The lowest BCUT2D eigenvalue weighted by Crippen LogP contribution is -2.30. The second-order valence-electron chi connectivity index (χ2n) is 7.08. The molecule has 0 aliphatic rings. The fourth-order valence-electron chi connectivity index (χ4n) is 3.10. The number of pyridine rings is 1. The number of nitrogens with one attached hydrogen (secondary N) is 2. The van der Waals surface area contributed by atoms with Crippen molar-refractivity contribution in [3.8, 4) is 0 Å². The van der Waals surface area contributed by atoms with Gasteiger partial charge in [-0.2, -0.15) is 0 Å². The van der Waals surface area contributed by atoms with E-state index in [4.69, 9.17) is 0 Å². The van der Waals surface area contributed by atoms with E-state index < -0.39 is 0 Å². The Bertz CT molecular complexity index is 1200. The maximum Gasteiger partial charge on any atom is 0.272 e. The van der Waals surface area contributed by atoms with Crippen LogP contribution in [0.4, 0.5) is 5.69 Å². The summed E-state index contributed by atoms with van der Waals surface area (Å²) in [5.41, 5.74) is 3.61. The number of amides is 2. The normalized spacial score (nSPS) is 11.1. The number of rotatable bonds is 7. The van der Waals surface area contributed by atoms with E-state index in [0.29, 0.717) is 11.3 Å². The summed E-state index contributed by atoms with van der Waals surface area (Å²) in [4.78, 5) is 30.5. The third kappa shape index (κ3) is 5.77. The van der Waals surface area contributed by atoms with Gasteiger partial charge in [0.25, 0.3) is 11.8 Å². The van der Waals surface area contributed by atoms with Gasteiger partial charge in [-0.3, -0.25) is 14.6 Å². The lowest BCUT2D eigenvalue weighted by Gasteiger charge is -2.11. The van der Waals surface area contributed by atoms with Crippen LogP contribution in [0, 0.1) is 0 Å². The number of benzene rings is 2. The standard InChI is InChI=1S/C26H21N3O2S/c30-25(21-5-2-1-3-6-21)29-24(18-23-7-4-16-32-23)26(31)28-22-10-8-19(9-11-22)17-20-12-14-27-15-13-20/h1-16,18H,17H2,(H,28,31)(H,29,30)/b24-18-. The van der Waals surface area contributed by atoms with Crippen LogP contribution in [0.25, 0.3) is 6.08 Å². The summed E-state index contributed by atoms with van der Waals surface area (Å²) in [6.07, 6.45) is 6.01. The van der Waals surface area contributed by atoms with Gasteiger partial charge in [0.15, 0.2) is 0 Å². The summed E-state index contributed by atoms with van der Waals surface area (Å²) in [5.74, 6) is -0.721. The van der Waals surface area contributed by atoms with E-state index in [1.807, 2.05) is 60.0 Å². The van der Waals surface area contributed by atoms with Crippen molar-refractivity contribution in [2.45, 2.75) is 6.42 Å². The van der Waals surface area contributed by atoms with E-state index in [0.717, 1.165) is 16.9 Å². The van der Waals surface area contributed by atoms with Crippen LogP contribution in [0.15, 0.2) is 102 Å². The molecule has 2 heterocycles. The van der Waals surface area contributed by atoms with Crippen LogP contribution in [0.5, 0.6) is 0 Å². The van der Waals surface area contributed by atoms with Gasteiger partial charge in [0.05, 0.1) is 0 Å².